The number of ether oxygens (including phenoxy) is 1. The lowest BCUT2D eigenvalue weighted by atomic mass is 10.1. The van der Waals surface area contributed by atoms with Crippen LogP contribution in [-0.2, 0) is 9.53 Å². The van der Waals surface area contributed by atoms with Gasteiger partial charge in [0.25, 0.3) is 0 Å². The molecule has 0 fully saturated rings. The molecule has 3 heteroatoms. The number of carbonyl (C=O) groups is 1. The average Bonchev–Trinajstić information content (AvgIpc) is 2.44. The fraction of sp³-hybridized carbons (Fsp3) is 0.722. The number of esters is 1. The van der Waals surface area contributed by atoms with Crippen LogP contribution in [0.2, 0.25) is 0 Å². The molecule has 21 heavy (non-hydrogen) atoms. The van der Waals surface area contributed by atoms with Crippen molar-refractivity contribution < 1.29 is 9.53 Å². The van der Waals surface area contributed by atoms with Crippen molar-refractivity contribution in [2.45, 2.75) is 84.0 Å². The maximum atomic E-state index is 11.3. The van der Waals surface area contributed by atoms with Crippen molar-refractivity contribution in [3.8, 4) is 0 Å². The Balaban J connectivity index is 3.21. The fourth-order valence-corrected chi connectivity index (χ4v) is 2.23. The standard InChI is InChI=1S/C18H31ClO2/c1-3-4-5-6-7-8-9-10-11-12-13-14-18(20)21-16-15-17(2)19/h15-16H,2-14H2,1H3. The molecule has 0 spiro atoms. The zero-order chi connectivity index (χ0) is 15.8. The highest BCUT2D eigenvalue weighted by molar-refractivity contribution is 6.30. The highest BCUT2D eigenvalue weighted by atomic mass is 35.5. The van der Waals surface area contributed by atoms with E-state index in [0.717, 1.165) is 12.8 Å². The number of unbranched alkanes of at least 4 members (excludes halogenated alkanes) is 10. The first-order valence-corrected chi connectivity index (χ1v) is 8.75. The second kappa shape index (κ2) is 15.6. The summed E-state index contributed by atoms with van der Waals surface area (Å²) in [5, 5.41) is 0.359. The van der Waals surface area contributed by atoms with Crippen LogP contribution in [0, 0.1) is 0 Å². The third-order valence-electron chi connectivity index (χ3n) is 3.43. The molecule has 2 nitrogen and oxygen atoms in total. The maximum Gasteiger partial charge on any atom is 0.310 e. The van der Waals surface area contributed by atoms with Gasteiger partial charge in [0.2, 0.25) is 0 Å². The predicted octanol–water partition coefficient (Wildman–Crippen LogP) is 6.50. The van der Waals surface area contributed by atoms with Crippen LogP contribution in [0.5, 0.6) is 0 Å². The summed E-state index contributed by atoms with van der Waals surface area (Å²) in [6, 6.07) is 0. The lowest BCUT2D eigenvalue weighted by Gasteiger charge is -2.02. The predicted molar refractivity (Wildman–Crippen MR) is 91.3 cm³/mol. The summed E-state index contributed by atoms with van der Waals surface area (Å²) in [5.41, 5.74) is 0. The molecular weight excluding hydrogens is 284 g/mol. The monoisotopic (exact) mass is 314 g/mol. The molecule has 122 valence electrons. The van der Waals surface area contributed by atoms with Crippen molar-refractivity contribution in [1.29, 1.82) is 0 Å². The summed E-state index contributed by atoms with van der Waals surface area (Å²) in [5.74, 6) is -0.194. The highest BCUT2D eigenvalue weighted by Crippen LogP contribution is 2.12. The Labute approximate surface area is 135 Å². The summed E-state index contributed by atoms with van der Waals surface area (Å²) >= 11 is 5.51. The maximum absolute atomic E-state index is 11.3. The first-order valence-electron chi connectivity index (χ1n) is 8.37. The van der Waals surface area contributed by atoms with Crippen LogP contribution in [0.1, 0.15) is 84.0 Å². The molecule has 0 aromatic heterocycles. The molecule has 0 saturated carbocycles. The van der Waals surface area contributed by atoms with Gasteiger partial charge in [-0.2, -0.15) is 0 Å². The second-order valence-electron chi connectivity index (χ2n) is 5.53. The van der Waals surface area contributed by atoms with E-state index in [1.54, 1.807) is 0 Å². The average molecular weight is 315 g/mol. The summed E-state index contributed by atoms with van der Waals surface area (Å²) in [4.78, 5) is 11.3. The number of rotatable bonds is 14. The topological polar surface area (TPSA) is 26.3 Å². The number of halogens is 1. The van der Waals surface area contributed by atoms with Crippen LogP contribution in [0.25, 0.3) is 0 Å². The second-order valence-corrected chi connectivity index (χ2v) is 6.01. The summed E-state index contributed by atoms with van der Waals surface area (Å²) in [6.07, 6.45) is 17.3. The zero-order valence-corrected chi connectivity index (χ0v) is 14.3. The lowest BCUT2D eigenvalue weighted by molar-refractivity contribution is -0.138. The quantitative estimate of drug-likeness (QED) is 0.158. The van der Waals surface area contributed by atoms with Gasteiger partial charge in [-0.15, -0.1) is 0 Å². The Morgan fingerprint density at radius 1 is 0.952 bits per heavy atom. The van der Waals surface area contributed by atoms with Crippen molar-refractivity contribution in [2.75, 3.05) is 0 Å². The largest absolute Gasteiger partial charge is 0.434 e. The molecule has 0 saturated heterocycles. The van der Waals surface area contributed by atoms with E-state index < -0.39 is 0 Å². The normalized spacial score (nSPS) is 11.0. The van der Waals surface area contributed by atoms with E-state index in [1.165, 1.54) is 70.1 Å². The molecule has 0 aliphatic rings. The summed E-state index contributed by atoms with van der Waals surface area (Å²) < 4.78 is 4.88. The Morgan fingerprint density at radius 2 is 1.43 bits per heavy atom. The summed E-state index contributed by atoms with van der Waals surface area (Å²) in [7, 11) is 0. The fourth-order valence-electron chi connectivity index (χ4n) is 2.18. The molecule has 0 aliphatic heterocycles. The Kier molecular flexibility index (Phi) is 15.1. The molecule has 0 rings (SSSR count). The molecular formula is C18H31ClO2. The van der Waals surface area contributed by atoms with Gasteiger partial charge >= 0.3 is 5.97 Å². The van der Waals surface area contributed by atoms with Gasteiger partial charge in [0.1, 0.15) is 0 Å². The SMILES string of the molecule is C=C(Cl)C=COC(=O)CCCCCCCCCCCCC. The van der Waals surface area contributed by atoms with E-state index in [1.807, 2.05) is 0 Å². The lowest BCUT2D eigenvalue weighted by Crippen LogP contribution is -1.98. The smallest absolute Gasteiger partial charge is 0.310 e. The number of allylic oxidation sites excluding steroid dienone is 2. The third-order valence-corrected chi connectivity index (χ3v) is 3.56. The van der Waals surface area contributed by atoms with Crippen LogP contribution < -0.4 is 0 Å². The summed E-state index contributed by atoms with van der Waals surface area (Å²) in [6.45, 7) is 5.72. The highest BCUT2D eigenvalue weighted by Gasteiger charge is 2.00. The zero-order valence-electron chi connectivity index (χ0n) is 13.5. The molecule has 0 bridgehead atoms. The molecule has 0 radical (unpaired) electrons. The number of hydrogen-bond acceptors (Lipinski definition) is 2. The number of hydrogen-bond donors (Lipinski definition) is 0. The van der Waals surface area contributed by atoms with E-state index in [-0.39, 0.29) is 5.97 Å². The van der Waals surface area contributed by atoms with E-state index in [2.05, 4.69) is 13.5 Å². The minimum atomic E-state index is -0.194. The van der Waals surface area contributed by atoms with Gasteiger partial charge in [-0.25, -0.2) is 0 Å². The van der Waals surface area contributed by atoms with Crippen LogP contribution in [0.4, 0.5) is 0 Å². The van der Waals surface area contributed by atoms with Crippen LogP contribution in [0.3, 0.4) is 0 Å². The molecule has 0 unspecified atom stereocenters. The Hall–Kier alpha value is -0.760. The van der Waals surface area contributed by atoms with E-state index in [0.29, 0.717) is 11.5 Å². The molecule has 0 aliphatic carbocycles. The van der Waals surface area contributed by atoms with Gasteiger partial charge < -0.3 is 4.74 Å². The minimum Gasteiger partial charge on any atom is -0.434 e. The number of carbonyl (C=O) groups excluding carboxylic acids is 1. The van der Waals surface area contributed by atoms with Crippen LogP contribution in [-0.4, -0.2) is 5.97 Å². The molecule has 0 atom stereocenters. The van der Waals surface area contributed by atoms with Crippen molar-refractivity contribution in [1.82, 2.24) is 0 Å². The van der Waals surface area contributed by atoms with Gasteiger partial charge in [-0.1, -0.05) is 89.3 Å². The van der Waals surface area contributed by atoms with Gasteiger partial charge in [-0.05, 0) is 12.5 Å². The molecule has 0 heterocycles. The van der Waals surface area contributed by atoms with Gasteiger partial charge in [0.05, 0.1) is 6.26 Å². The molecule has 0 aromatic carbocycles. The molecule has 0 aromatic rings. The molecule has 0 N–H and O–H groups in total. The van der Waals surface area contributed by atoms with Gasteiger partial charge in [0, 0.05) is 11.5 Å². The van der Waals surface area contributed by atoms with Crippen molar-refractivity contribution in [3.63, 3.8) is 0 Å². The third kappa shape index (κ3) is 17.2. The first kappa shape index (κ1) is 20.2. The van der Waals surface area contributed by atoms with Gasteiger partial charge in [-0.3, -0.25) is 4.79 Å². The van der Waals surface area contributed by atoms with E-state index in [4.69, 9.17) is 16.3 Å². The van der Waals surface area contributed by atoms with E-state index >= 15 is 0 Å². The van der Waals surface area contributed by atoms with E-state index in [9.17, 15) is 4.79 Å². The Bertz CT molecular complexity index is 298. The van der Waals surface area contributed by atoms with Crippen molar-refractivity contribution >= 4 is 17.6 Å². The molecule has 0 amide bonds. The van der Waals surface area contributed by atoms with Crippen molar-refractivity contribution in [2.24, 2.45) is 0 Å². The van der Waals surface area contributed by atoms with Crippen LogP contribution >= 0.6 is 11.6 Å². The first-order chi connectivity index (χ1) is 10.2. The van der Waals surface area contributed by atoms with Crippen LogP contribution in [0.15, 0.2) is 23.9 Å². The van der Waals surface area contributed by atoms with Gasteiger partial charge in [0.15, 0.2) is 0 Å². The minimum absolute atomic E-state index is 0.194. The van der Waals surface area contributed by atoms with Crippen molar-refractivity contribution in [3.05, 3.63) is 23.9 Å². The Morgan fingerprint density at radius 3 is 1.90 bits per heavy atom.